The molecule has 0 fully saturated rings. The Balaban J connectivity index is 2.07. The van der Waals surface area contributed by atoms with Gasteiger partial charge in [-0.2, -0.15) is 0 Å². The van der Waals surface area contributed by atoms with Gasteiger partial charge in [0.05, 0.1) is 7.11 Å². The number of ether oxygens (including phenoxy) is 2. The van der Waals surface area contributed by atoms with Crippen LogP contribution in [0.1, 0.15) is 107 Å². The second kappa shape index (κ2) is 17.8. The van der Waals surface area contributed by atoms with E-state index in [0.29, 0.717) is 11.3 Å². The summed E-state index contributed by atoms with van der Waals surface area (Å²) in [5.74, 6) is -1.15. The highest BCUT2D eigenvalue weighted by Crippen LogP contribution is 2.15. The summed E-state index contributed by atoms with van der Waals surface area (Å²) < 4.78 is 10.5. The minimum atomic E-state index is -1.45. The van der Waals surface area contributed by atoms with Crippen molar-refractivity contribution in [1.29, 1.82) is 0 Å². The lowest BCUT2D eigenvalue weighted by atomic mass is 10.0. The number of carbonyl (C=O) groups is 2. The maximum absolute atomic E-state index is 12.4. The molecule has 0 radical (unpaired) electrons. The van der Waals surface area contributed by atoms with Crippen molar-refractivity contribution in [2.75, 3.05) is 13.7 Å². The van der Waals surface area contributed by atoms with Crippen LogP contribution < -0.4 is 4.74 Å². The average Bonchev–Trinajstić information content (AvgIpc) is 2.78. The van der Waals surface area contributed by atoms with E-state index in [1.54, 1.807) is 24.3 Å². The summed E-state index contributed by atoms with van der Waals surface area (Å²) in [6.45, 7) is 2.54. The van der Waals surface area contributed by atoms with Gasteiger partial charge in [-0.3, -0.25) is 4.79 Å². The number of hydrogen-bond acceptors (Lipinski definition) is 4. The lowest BCUT2D eigenvalue weighted by Gasteiger charge is -2.13. The van der Waals surface area contributed by atoms with E-state index in [0.717, 1.165) is 19.3 Å². The molecule has 1 unspecified atom stereocenters. The third-order valence-electron chi connectivity index (χ3n) is 5.62. The van der Waals surface area contributed by atoms with Gasteiger partial charge in [-0.25, -0.2) is 4.79 Å². The molecule has 0 bridgehead atoms. The maximum atomic E-state index is 12.4. The largest absolute Gasteiger partial charge is 0.497 e. The normalized spacial score (nSPS) is 11.9. The monoisotopic (exact) mass is 434 g/mol. The molecule has 0 amide bonds. The summed E-state index contributed by atoms with van der Waals surface area (Å²) >= 11 is 0. The van der Waals surface area contributed by atoms with Crippen molar-refractivity contribution in [1.82, 2.24) is 0 Å². The van der Waals surface area contributed by atoms with Crippen molar-refractivity contribution in [3.8, 4) is 5.75 Å². The van der Waals surface area contributed by atoms with Gasteiger partial charge in [0.2, 0.25) is 11.9 Å². The van der Waals surface area contributed by atoms with E-state index in [2.05, 4.69) is 6.92 Å². The van der Waals surface area contributed by atoms with Gasteiger partial charge < -0.3 is 14.6 Å². The van der Waals surface area contributed by atoms with Crippen molar-refractivity contribution in [3.63, 3.8) is 0 Å². The predicted octanol–water partition coefficient (Wildman–Crippen LogP) is 6.83. The van der Waals surface area contributed by atoms with E-state index in [1.807, 2.05) is 0 Å². The van der Waals surface area contributed by atoms with Crippen LogP contribution in [0.2, 0.25) is 0 Å². The van der Waals surface area contributed by atoms with Gasteiger partial charge in [-0.1, -0.05) is 90.4 Å². The van der Waals surface area contributed by atoms with E-state index < -0.39 is 17.9 Å². The molecule has 0 saturated heterocycles. The molecular weight excluding hydrogens is 392 g/mol. The van der Waals surface area contributed by atoms with Crippen LogP contribution in [0.25, 0.3) is 0 Å². The number of aliphatic carboxylic acids is 1. The lowest BCUT2D eigenvalue weighted by Crippen LogP contribution is -2.33. The summed E-state index contributed by atoms with van der Waals surface area (Å²) in [5, 5.41) is 9.35. The molecule has 0 aromatic heterocycles. The smallest absolute Gasteiger partial charge is 0.341 e. The minimum absolute atomic E-state index is 0.289. The number of unbranched alkanes of at least 4 members (excludes halogenated alkanes) is 13. The molecule has 0 aliphatic heterocycles. The number of carboxylic acids is 1. The van der Waals surface area contributed by atoms with Crippen molar-refractivity contribution in [3.05, 3.63) is 29.8 Å². The van der Waals surface area contributed by atoms with Crippen LogP contribution in [-0.4, -0.2) is 36.7 Å². The highest BCUT2D eigenvalue weighted by Gasteiger charge is 2.28. The van der Waals surface area contributed by atoms with Crippen LogP contribution in [0.5, 0.6) is 5.75 Å². The number of benzene rings is 1. The Bertz CT molecular complexity index is 596. The molecule has 0 spiro atoms. The van der Waals surface area contributed by atoms with Crippen LogP contribution >= 0.6 is 0 Å². The molecule has 1 rings (SSSR count). The van der Waals surface area contributed by atoms with Gasteiger partial charge in [0.1, 0.15) is 5.75 Å². The Kier molecular flexibility index (Phi) is 15.6. The van der Waals surface area contributed by atoms with Crippen LogP contribution in [-0.2, 0) is 9.53 Å². The Morgan fingerprint density at radius 3 is 1.65 bits per heavy atom. The van der Waals surface area contributed by atoms with Crippen molar-refractivity contribution < 1.29 is 24.2 Å². The zero-order chi connectivity index (χ0) is 22.7. The van der Waals surface area contributed by atoms with E-state index in [4.69, 9.17) is 9.47 Å². The average molecular weight is 435 g/mol. The molecule has 5 heteroatoms. The Hall–Kier alpha value is -1.88. The summed E-state index contributed by atoms with van der Waals surface area (Å²) in [6.07, 6.45) is 16.2. The number of methoxy groups -OCH3 is 1. The van der Waals surface area contributed by atoms with Gasteiger partial charge in [0.15, 0.2) is 0 Å². The zero-order valence-electron chi connectivity index (χ0n) is 19.6. The molecule has 0 aliphatic rings. The first-order valence-corrected chi connectivity index (χ1v) is 12.1. The number of carbonyl (C=O) groups excluding carboxylic acids is 1. The molecular formula is C26H42O5. The number of hydrogen-bond donors (Lipinski definition) is 1. The summed E-state index contributed by atoms with van der Waals surface area (Å²) in [6, 6.07) is 6.40. The highest BCUT2D eigenvalue weighted by atomic mass is 16.5. The van der Waals surface area contributed by atoms with Crippen LogP contribution in [0.4, 0.5) is 0 Å². The van der Waals surface area contributed by atoms with Crippen molar-refractivity contribution in [2.24, 2.45) is 0 Å². The number of carboxylic acid groups (broad SMARTS) is 1. The van der Waals surface area contributed by atoms with Crippen molar-refractivity contribution in [2.45, 2.75) is 103 Å². The zero-order valence-corrected chi connectivity index (χ0v) is 19.6. The highest BCUT2D eigenvalue weighted by molar-refractivity contribution is 6.10. The summed E-state index contributed by atoms with van der Waals surface area (Å²) in [4.78, 5) is 23.9. The molecule has 1 atom stereocenters. The molecule has 1 aromatic rings. The fourth-order valence-corrected chi connectivity index (χ4v) is 3.66. The molecule has 0 heterocycles. The summed E-state index contributed by atoms with van der Waals surface area (Å²) in [7, 11) is 1.54. The third-order valence-corrected chi connectivity index (χ3v) is 5.62. The number of rotatable bonds is 20. The number of Topliss-reactive ketones (excluding diaryl/α,β-unsaturated/α-hetero) is 1. The Morgan fingerprint density at radius 1 is 0.774 bits per heavy atom. The van der Waals surface area contributed by atoms with Crippen molar-refractivity contribution >= 4 is 11.8 Å². The first-order valence-electron chi connectivity index (χ1n) is 12.1. The molecule has 0 saturated carbocycles. The fourth-order valence-electron chi connectivity index (χ4n) is 3.66. The van der Waals surface area contributed by atoms with E-state index >= 15 is 0 Å². The first kappa shape index (κ1) is 27.2. The standard InChI is InChI=1S/C26H42O5/c1-3-4-5-6-7-8-9-10-11-12-13-14-15-16-21-31-25(26(28)29)24(27)22-17-19-23(30-2)20-18-22/h17-20,25H,3-16,21H2,1-2H3,(H,28,29). The third kappa shape index (κ3) is 12.5. The predicted molar refractivity (Wildman–Crippen MR) is 125 cm³/mol. The number of ketones is 1. The van der Waals surface area contributed by atoms with Gasteiger partial charge >= 0.3 is 5.97 Å². The molecule has 1 aromatic carbocycles. The maximum Gasteiger partial charge on any atom is 0.341 e. The fraction of sp³-hybridized carbons (Fsp3) is 0.692. The van der Waals surface area contributed by atoms with E-state index in [-0.39, 0.29) is 6.61 Å². The Morgan fingerprint density at radius 2 is 1.23 bits per heavy atom. The molecule has 0 aliphatic carbocycles. The summed E-state index contributed by atoms with van der Waals surface area (Å²) in [5.41, 5.74) is 0.314. The second-order valence-electron chi connectivity index (χ2n) is 8.28. The SMILES string of the molecule is CCCCCCCCCCCCCCCCOC(C(=O)O)C(=O)c1ccc(OC)cc1. The second-order valence-corrected chi connectivity index (χ2v) is 8.28. The van der Waals surface area contributed by atoms with Gasteiger partial charge in [0, 0.05) is 12.2 Å². The molecule has 5 nitrogen and oxygen atoms in total. The van der Waals surface area contributed by atoms with Gasteiger partial charge in [-0.15, -0.1) is 0 Å². The molecule has 176 valence electrons. The van der Waals surface area contributed by atoms with Crippen LogP contribution in [0, 0.1) is 0 Å². The van der Waals surface area contributed by atoms with Gasteiger partial charge in [-0.05, 0) is 30.7 Å². The lowest BCUT2D eigenvalue weighted by molar-refractivity contribution is -0.147. The topological polar surface area (TPSA) is 72.8 Å². The van der Waals surface area contributed by atoms with Crippen LogP contribution in [0.15, 0.2) is 24.3 Å². The first-order chi connectivity index (χ1) is 15.1. The molecule has 1 N–H and O–H groups in total. The Labute approximate surface area is 188 Å². The van der Waals surface area contributed by atoms with E-state index in [1.165, 1.54) is 77.7 Å². The minimum Gasteiger partial charge on any atom is -0.497 e. The van der Waals surface area contributed by atoms with Crippen LogP contribution in [0.3, 0.4) is 0 Å². The molecule has 31 heavy (non-hydrogen) atoms. The van der Waals surface area contributed by atoms with Gasteiger partial charge in [0.25, 0.3) is 0 Å². The quantitative estimate of drug-likeness (QED) is 0.138. The van der Waals surface area contributed by atoms with E-state index in [9.17, 15) is 14.7 Å².